The molecule has 2 atom stereocenters. The van der Waals surface area contributed by atoms with Crippen LogP contribution < -0.4 is 5.73 Å². The highest BCUT2D eigenvalue weighted by molar-refractivity contribution is 4.75. The molecule has 14 heavy (non-hydrogen) atoms. The zero-order valence-corrected chi connectivity index (χ0v) is 8.12. The lowest BCUT2D eigenvalue weighted by atomic mass is 9.98. The van der Waals surface area contributed by atoms with E-state index in [0.29, 0.717) is 25.6 Å². The van der Waals surface area contributed by atoms with Gasteiger partial charge in [-0.1, -0.05) is 0 Å². The number of hydrogen-bond acceptors (Lipinski definition) is 3. The third-order valence-electron chi connectivity index (χ3n) is 2.41. The second-order valence-electron chi connectivity index (χ2n) is 3.54. The van der Waals surface area contributed by atoms with E-state index in [4.69, 9.17) is 15.2 Å². The van der Waals surface area contributed by atoms with Crippen molar-refractivity contribution >= 4 is 0 Å². The third-order valence-corrected chi connectivity index (χ3v) is 2.41. The second kappa shape index (κ2) is 6.27. The van der Waals surface area contributed by atoms with Crippen LogP contribution in [0.1, 0.15) is 12.8 Å². The van der Waals surface area contributed by atoms with Crippen LogP contribution in [0, 0.1) is 5.92 Å². The van der Waals surface area contributed by atoms with Gasteiger partial charge in [-0.3, -0.25) is 0 Å². The smallest absolute Gasteiger partial charge is 0.261 e. The van der Waals surface area contributed by atoms with Gasteiger partial charge in [0.15, 0.2) is 0 Å². The average molecular weight is 209 g/mol. The molecule has 0 aromatic carbocycles. The highest BCUT2D eigenvalue weighted by Gasteiger charge is 2.22. The molecule has 1 saturated heterocycles. The highest BCUT2D eigenvalue weighted by atomic mass is 19.3. The van der Waals surface area contributed by atoms with E-state index < -0.39 is 13.0 Å². The van der Waals surface area contributed by atoms with Crippen LogP contribution in [0.3, 0.4) is 0 Å². The minimum atomic E-state index is -2.39. The van der Waals surface area contributed by atoms with Crippen molar-refractivity contribution in [1.82, 2.24) is 0 Å². The number of rotatable bonds is 6. The standard InChI is InChI=1S/C9H17F2NO2/c10-9(11)6-14-4-2-8(12)7-1-3-13-5-7/h7-9H,1-6,12H2. The Morgan fingerprint density at radius 3 is 2.86 bits per heavy atom. The second-order valence-corrected chi connectivity index (χ2v) is 3.54. The number of halogens is 2. The molecule has 0 bridgehead atoms. The molecule has 0 spiro atoms. The number of ether oxygens (including phenoxy) is 2. The Labute approximate surface area is 82.6 Å². The van der Waals surface area contributed by atoms with Crippen molar-refractivity contribution in [2.45, 2.75) is 25.3 Å². The van der Waals surface area contributed by atoms with Gasteiger partial charge in [-0.25, -0.2) is 8.78 Å². The fourth-order valence-electron chi connectivity index (χ4n) is 1.52. The largest absolute Gasteiger partial charge is 0.381 e. The molecule has 0 aliphatic carbocycles. The van der Waals surface area contributed by atoms with E-state index in [1.807, 2.05) is 0 Å². The lowest BCUT2D eigenvalue weighted by molar-refractivity contribution is 0.0138. The Hall–Kier alpha value is -0.260. The van der Waals surface area contributed by atoms with Gasteiger partial charge < -0.3 is 15.2 Å². The van der Waals surface area contributed by atoms with E-state index in [1.54, 1.807) is 0 Å². The molecule has 0 radical (unpaired) electrons. The Bertz CT molecular complexity index is 152. The number of alkyl halides is 2. The van der Waals surface area contributed by atoms with E-state index in [1.165, 1.54) is 0 Å². The van der Waals surface area contributed by atoms with Crippen molar-refractivity contribution in [3.8, 4) is 0 Å². The summed E-state index contributed by atoms with van der Waals surface area (Å²) >= 11 is 0. The lowest BCUT2D eigenvalue weighted by Crippen LogP contribution is -2.31. The summed E-state index contributed by atoms with van der Waals surface area (Å²) < 4.78 is 33.3. The summed E-state index contributed by atoms with van der Waals surface area (Å²) in [6.07, 6.45) is -0.794. The first-order valence-corrected chi connectivity index (χ1v) is 4.89. The Balaban J connectivity index is 1.99. The molecule has 1 fully saturated rings. The topological polar surface area (TPSA) is 44.5 Å². The predicted molar refractivity (Wildman–Crippen MR) is 48.3 cm³/mol. The lowest BCUT2D eigenvalue weighted by Gasteiger charge is -2.17. The van der Waals surface area contributed by atoms with E-state index in [-0.39, 0.29) is 6.04 Å². The van der Waals surface area contributed by atoms with Crippen molar-refractivity contribution in [1.29, 1.82) is 0 Å². The van der Waals surface area contributed by atoms with Gasteiger partial charge in [-0.05, 0) is 18.8 Å². The van der Waals surface area contributed by atoms with Crippen LogP contribution in [0.15, 0.2) is 0 Å². The van der Waals surface area contributed by atoms with Gasteiger partial charge >= 0.3 is 0 Å². The van der Waals surface area contributed by atoms with Crippen LogP contribution in [0.4, 0.5) is 8.78 Å². The van der Waals surface area contributed by atoms with Gasteiger partial charge in [0.2, 0.25) is 0 Å². The third kappa shape index (κ3) is 4.30. The van der Waals surface area contributed by atoms with E-state index in [2.05, 4.69) is 0 Å². The maximum atomic E-state index is 11.7. The molecular formula is C9H17F2NO2. The van der Waals surface area contributed by atoms with E-state index in [0.717, 1.165) is 13.0 Å². The molecule has 2 N–H and O–H groups in total. The minimum absolute atomic E-state index is 0.00942. The zero-order chi connectivity index (χ0) is 10.4. The van der Waals surface area contributed by atoms with Gasteiger partial charge in [-0.15, -0.1) is 0 Å². The van der Waals surface area contributed by atoms with Crippen molar-refractivity contribution in [3.05, 3.63) is 0 Å². The normalized spacial score (nSPS) is 24.4. The predicted octanol–water partition coefficient (Wildman–Crippen LogP) is 1.02. The van der Waals surface area contributed by atoms with Crippen LogP contribution in [0.2, 0.25) is 0 Å². The van der Waals surface area contributed by atoms with Gasteiger partial charge in [0.05, 0.1) is 6.61 Å². The van der Waals surface area contributed by atoms with Crippen LogP contribution in [0.25, 0.3) is 0 Å². The molecule has 0 amide bonds. The monoisotopic (exact) mass is 209 g/mol. The molecule has 0 aromatic rings. The maximum Gasteiger partial charge on any atom is 0.261 e. The first kappa shape index (κ1) is 11.8. The Kier molecular flexibility index (Phi) is 5.29. The van der Waals surface area contributed by atoms with Crippen molar-refractivity contribution in [3.63, 3.8) is 0 Å². The summed E-state index contributed by atoms with van der Waals surface area (Å²) in [5, 5.41) is 0. The van der Waals surface area contributed by atoms with Crippen molar-refractivity contribution in [2.24, 2.45) is 11.7 Å². The molecule has 1 heterocycles. The molecule has 3 nitrogen and oxygen atoms in total. The summed E-state index contributed by atoms with van der Waals surface area (Å²) in [6, 6.07) is 0.00942. The molecule has 1 aliphatic rings. The molecule has 2 unspecified atom stereocenters. The first-order chi connectivity index (χ1) is 6.70. The average Bonchev–Trinajstić information content (AvgIpc) is 2.64. The first-order valence-electron chi connectivity index (χ1n) is 4.89. The van der Waals surface area contributed by atoms with Gasteiger partial charge in [-0.2, -0.15) is 0 Å². The Morgan fingerprint density at radius 2 is 2.29 bits per heavy atom. The van der Waals surface area contributed by atoms with Crippen molar-refractivity contribution < 1.29 is 18.3 Å². The van der Waals surface area contributed by atoms with E-state index in [9.17, 15) is 8.78 Å². The fraction of sp³-hybridized carbons (Fsp3) is 1.00. The quantitative estimate of drug-likeness (QED) is 0.664. The molecule has 1 rings (SSSR count). The molecular weight excluding hydrogens is 192 g/mol. The van der Waals surface area contributed by atoms with Crippen LogP contribution in [0.5, 0.6) is 0 Å². The summed E-state index contributed by atoms with van der Waals surface area (Å²) in [5.41, 5.74) is 5.85. The van der Waals surface area contributed by atoms with Gasteiger partial charge in [0.25, 0.3) is 6.43 Å². The molecule has 5 heteroatoms. The van der Waals surface area contributed by atoms with Crippen LogP contribution in [-0.4, -0.2) is 38.9 Å². The number of hydrogen-bond donors (Lipinski definition) is 1. The molecule has 1 aliphatic heterocycles. The van der Waals surface area contributed by atoms with E-state index >= 15 is 0 Å². The summed E-state index contributed by atoms with van der Waals surface area (Å²) in [4.78, 5) is 0. The van der Waals surface area contributed by atoms with Gasteiger partial charge in [0, 0.05) is 19.3 Å². The zero-order valence-electron chi connectivity index (χ0n) is 8.12. The maximum absolute atomic E-state index is 11.7. The summed E-state index contributed by atoms with van der Waals surface area (Å²) in [5.74, 6) is 0.366. The summed E-state index contributed by atoms with van der Waals surface area (Å²) in [6.45, 7) is 1.27. The molecule has 0 aromatic heterocycles. The van der Waals surface area contributed by atoms with Crippen molar-refractivity contribution in [2.75, 3.05) is 26.4 Å². The highest BCUT2D eigenvalue weighted by Crippen LogP contribution is 2.17. The minimum Gasteiger partial charge on any atom is -0.381 e. The number of nitrogens with two attached hydrogens (primary N) is 1. The van der Waals surface area contributed by atoms with Crippen LogP contribution in [-0.2, 0) is 9.47 Å². The fourth-order valence-corrected chi connectivity index (χ4v) is 1.52. The summed E-state index contributed by atoms with van der Waals surface area (Å²) in [7, 11) is 0. The SMILES string of the molecule is NC(CCOCC(F)F)C1CCOC1. The molecule has 84 valence electrons. The Morgan fingerprint density at radius 1 is 1.50 bits per heavy atom. The molecule has 0 saturated carbocycles. The van der Waals surface area contributed by atoms with Gasteiger partial charge in [0.1, 0.15) is 6.61 Å². The van der Waals surface area contributed by atoms with Crippen LogP contribution >= 0.6 is 0 Å².